The molecule has 2 aromatic rings. The lowest BCUT2D eigenvalue weighted by Gasteiger charge is -2.22. The number of hydrogen-bond acceptors (Lipinski definition) is 3. The van der Waals surface area contributed by atoms with Gasteiger partial charge < -0.3 is 10.0 Å². The van der Waals surface area contributed by atoms with Crippen molar-refractivity contribution in [3.05, 3.63) is 46.8 Å². The summed E-state index contributed by atoms with van der Waals surface area (Å²) in [6.07, 6.45) is 3.74. The van der Waals surface area contributed by atoms with Crippen LogP contribution in [-0.2, 0) is 11.2 Å². The Labute approximate surface area is 159 Å². The third-order valence-electron chi connectivity index (χ3n) is 5.10. The van der Waals surface area contributed by atoms with Gasteiger partial charge in [0.25, 0.3) is 5.91 Å². The van der Waals surface area contributed by atoms with E-state index in [2.05, 4.69) is 12.0 Å². The van der Waals surface area contributed by atoms with Gasteiger partial charge >= 0.3 is 5.97 Å². The molecule has 0 spiro atoms. The summed E-state index contributed by atoms with van der Waals surface area (Å²) in [5.41, 5.74) is 4.34. The van der Waals surface area contributed by atoms with Crippen molar-refractivity contribution < 1.29 is 14.7 Å². The predicted octanol–water partition coefficient (Wildman–Crippen LogP) is 3.52. The lowest BCUT2D eigenvalue weighted by Crippen LogP contribution is -2.33. The van der Waals surface area contributed by atoms with Crippen molar-refractivity contribution in [3.8, 4) is 5.69 Å². The topological polar surface area (TPSA) is 75.4 Å². The van der Waals surface area contributed by atoms with Gasteiger partial charge in [-0.15, -0.1) is 0 Å². The predicted molar refractivity (Wildman–Crippen MR) is 103 cm³/mol. The standard InChI is InChI=1S/C21H27N3O3/c1-4-13-23(17-9-10-17)21(27)16-5-7-18(8-6-16)24-15(3)19(14(2)22-24)11-12-20(25)26/h5-8,17H,4,9-13H2,1-3H3,(H,25,26). The molecule has 0 radical (unpaired) electrons. The lowest BCUT2D eigenvalue weighted by molar-refractivity contribution is -0.136. The average molecular weight is 369 g/mol. The van der Waals surface area contributed by atoms with Crippen molar-refractivity contribution in [2.75, 3.05) is 6.54 Å². The molecule has 6 heteroatoms. The van der Waals surface area contributed by atoms with E-state index >= 15 is 0 Å². The number of aromatic nitrogens is 2. The van der Waals surface area contributed by atoms with Crippen molar-refractivity contribution >= 4 is 11.9 Å². The summed E-state index contributed by atoms with van der Waals surface area (Å²) in [4.78, 5) is 25.6. The Balaban J connectivity index is 1.80. The highest BCUT2D eigenvalue weighted by atomic mass is 16.4. The Morgan fingerprint density at radius 1 is 1.22 bits per heavy atom. The summed E-state index contributed by atoms with van der Waals surface area (Å²) in [6, 6.07) is 7.94. The largest absolute Gasteiger partial charge is 0.481 e. The van der Waals surface area contributed by atoms with E-state index in [9.17, 15) is 9.59 Å². The highest BCUT2D eigenvalue weighted by Crippen LogP contribution is 2.28. The number of carboxylic acid groups (broad SMARTS) is 1. The molecule has 1 saturated carbocycles. The quantitative estimate of drug-likeness (QED) is 0.772. The van der Waals surface area contributed by atoms with Crippen LogP contribution in [0.3, 0.4) is 0 Å². The fourth-order valence-electron chi connectivity index (χ4n) is 3.51. The van der Waals surface area contributed by atoms with E-state index in [0.29, 0.717) is 18.0 Å². The normalized spacial score (nSPS) is 13.6. The van der Waals surface area contributed by atoms with Crippen molar-refractivity contribution in [3.63, 3.8) is 0 Å². The number of hydrogen-bond donors (Lipinski definition) is 1. The summed E-state index contributed by atoms with van der Waals surface area (Å²) in [7, 11) is 0. The Kier molecular flexibility index (Phi) is 5.63. The Hall–Kier alpha value is -2.63. The number of amides is 1. The Bertz CT molecular complexity index is 835. The number of nitrogens with zero attached hydrogens (tertiary/aromatic N) is 3. The number of aryl methyl sites for hydroxylation is 1. The van der Waals surface area contributed by atoms with Crippen LogP contribution >= 0.6 is 0 Å². The van der Waals surface area contributed by atoms with Gasteiger partial charge in [0.2, 0.25) is 0 Å². The van der Waals surface area contributed by atoms with E-state index in [4.69, 9.17) is 5.11 Å². The molecule has 1 fully saturated rings. The van der Waals surface area contributed by atoms with Crippen LogP contribution in [0.2, 0.25) is 0 Å². The first-order chi connectivity index (χ1) is 12.9. The summed E-state index contributed by atoms with van der Waals surface area (Å²) in [5, 5.41) is 13.5. The monoisotopic (exact) mass is 369 g/mol. The third kappa shape index (κ3) is 4.21. The molecule has 27 heavy (non-hydrogen) atoms. The van der Waals surface area contributed by atoms with Gasteiger partial charge in [-0.05, 0) is 69.4 Å². The summed E-state index contributed by atoms with van der Waals surface area (Å²) in [5.74, 6) is -0.710. The molecule has 1 aliphatic rings. The number of rotatable bonds is 8. The van der Waals surface area contributed by atoms with E-state index in [1.807, 2.05) is 47.7 Å². The molecule has 1 heterocycles. The zero-order valence-corrected chi connectivity index (χ0v) is 16.2. The maximum absolute atomic E-state index is 12.8. The van der Waals surface area contributed by atoms with E-state index in [0.717, 1.165) is 48.4 Å². The molecule has 0 bridgehead atoms. The van der Waals surface area contributed by atoms with Crippen LogP contribution in [0.1, 0.15) is 59.9 Å². The van der Waals surface area contributed by atoms with Crippen molar-refractivity contribution in [2.24, 2.45) is 0 Å². The number of aliphatic carboxylic acids is 1. The van der Waals surface area contributed by atoms with Gasteiger partial charge in [-0.2, -0.15) is 5.10 Å². The zero-order valence-electron chi connectivity index (χ0n) is 16.2. The van der Waals surface area contributed by atoms with Gasteiger partial charge in [-0.25, -0.2) is 4.68 Å². The molecule has 3 rings (SSSR count). The molecule has 1 aliphatic carbocycles. The molecule has 6 nitrogen and oxygen atoms in total. The molecular weight excluding hydrogens is 342 g/mol. The minimum atomic E-state index is -0.809. The van der Waals surface area contributed by atoms with Gasteiger partial charge in [0.05, 0.1) is 11.4 Å². The van der Waals surface area contributed by atoms with Crippen LogP contribution in [0.5, 0.6) is 0 Å². The second kappa shape index (κ2) is 7.94. The molecule has 1 aromatic heterocycles. The summed E-state index contributed by atoms with van der Waals surface area (Å²) < 4.78 is 1.82. The van der Waals surface area contributed by atoms with Crippen LogP contribution < -0.4 is 0 Å². The fourth-order valence-corrected chi connectivity index (χ4v) is 3.51. The van der Waals surface area contributed by atoms with E-state index in [1.165, 1.54) is 0 Å². The first-order valence-corrected chi connectivity index (χ1v) is 9.60. The molecule has 0 saturated heterocycles. The number of carbonyl (C=O) groups excluding carboxylic acids is 1. The van der Waals surface area contributed by atoms with Crippen LogP contribution in [0.15, 0.2) is 24.3 Å². The number of carboxylic acids is 1. The molecular formula is C21H27N3O3. The maximum Gasteiger partial charge on any atom is 0.303 e. The zero-order chi connectivity index (χ0) is 19.6. The molecule has 0 aliphatic heterocycles. The van der Waals surface area contributed by atoms with E-state index < -0.39 is 5.97 Å². The first-order valence-electron chi connectivity index (χ1n) is 9.60. The second-order valence-electron chi connectivity index (χ2n) is 7.23. The van der Waals surface area contributed by atoms with Gasteiger partial charge in [-0.1, -0.05) is 6.92 Å². The van der Waals surface area contributed by atoms with E-state index in [1.54, 1.807) is 0 Å². The van der Waals surface area contributed by atoms with Crippen molar-refractivity contribution in [1.82, 2.24) is 14.7 Å². The highest BCUT2D eigenvalue weighted by Gasteiger charge is 2.32. The lowest BCUT2D eigenvalue weighted by atomic mass is 10.1. The SMILES string of the molecule is CCCN(C(=O)c1ccc(-n2nc(C)c(CCC(=O)O)c2C)cc1)C1CC1. The smallest absolute Gasteiger partial charge is 0.303 e. The average Bonchev–Trinajstić information content (AvgIpc) is 3.44. The summed E-state index contributed by atoms with van der Waals surface area (Å²) >= 11 is 0. The minimum absolute atomic E-state index is 0.0925. The summed E-state index contributed by atoms with van der Waals surface area (Å²) in [6.45, 7) is 6.75. The van der Waals surface area contributed by atoms with Crippen LogP contribution in [0.4, 0.5) is 0 Å². The Morgan fingerprint density at radius 2 is 1.89 bits per heavy atom. The van der Waals surface area contributed by atoms with E-state index in [-0.39, 0.29) is 12.3 Å². The third-order valence-corrected chi connectivity index (χ3v) is 5.10. The number of carbonyl (C=O) groups is 2. The highest BCUT2D eigenvalue weighted by molar-refractivity contribution is 5.94. The van der Waals surface area contributed by atoms with Crippen LogP contribution in [0.25, 0.3) is 5.69 Å². The Morgan fingerprint density at radius 3 is 2.44 bits per heavy atom. The van der Waals surface area contributed by atoms with Gasteiger partial charge in [-0.3, -0.25) is 9.59 Å². The molecule has 1 aromatic carbocycles. The fraction of sp³-hybridized carbons (Fsp3) is 0.476. The molecule has 0 unspecified atom stereocenters. The first kappa shape index (κ1) is 19.1. The van der Waals surface area contributed by atoms with Crippen molar-refractivity contribution in [1.29, 1.82) is 0 Å². The van der Waals surface area contributed by atoms with Crippen LogP contribution in [0, 0.1) is 13.8 Å². The molecule has 144 valence electrons. The number of benzene rings is 1. The molecule has 0 atom stereocenters. The van der Waals surface area contributed by atoms with Gasteiger partial charge in [0.1, 0.15) is 0 Å². The van der Waals surface area contributed by atoms with Crippen LogP contribution in [-0.4, -0.2) is 44.3 Å². The van der Waals surface area contributed by atoms with Gasteiger partial charge in [0, 0.05) is 30.3 Å². The second-order valence-corrected chi connectivity index (χ2v) is 7.23. The van der Waals surface area contributed by atoms with Crippen molar-refractivity contribution in [2.45, 2.75) is 58.9 Å². The molecule has 1 N–H and O–H groups in total. The van der Waals surface area contributed by atoms with Gasteiger partial charge in [0.15, 0.2) is 0 Å². The minimum Gasteiger partial charge on any atom is -0.481 e. The maximum atomic E-state index is 12.8. The molecule has 1 amide bonds.